The van der Waals surface area contributed by atoms with Gasteiger partial charge in [0.1, 0.15) is 17.9 Å². The van der Waals surface area contributed by atoms with Gasteiger partial charge in [-0.05, 0) is 22.8 Å². The van der Waals surface area contributed by atoms with Crippen LogP contribution in [0.15, 0.2) is 88.1 Å². The van der Waals surface area contributed by atoms with Crippen LogP contribution in [-0.4, -0.2) is 12.6 Å². The van der Waals surface area contributed by atoms with Gasteiger partial charge in [0.15, 0.2) is 6.61 Å². The van der Waals surface area contributed by atoms with E-state index in [0.717, 1.165) is 11.1 Å². The van der Waals surface area contributed by atoms with Crippen molar-refractivity contribution < 1.29 is 18.7 Å². The fourth-order valence-corrected chi connectivity index (χ4v) is 3.26. The number of hydrogen-bond acceptors (Lipinski definition) is 5. The number of ether oxygens (including phenoxy) is 2. The molecule has 0 bridgehead atoms. The number of carbonyl (C=O) groups is 1. The zero-order chi connectivity index (χ0) is 20.9. The quantitative estimate of drug-likeness (QED) is 0.315. The monoisotopic (exact) mass is 420 g/mol. The third-order valence-corrected chi connectivity index (χ3v) is 4.77. The molecule has 0 radical (unpaired) electrons. The van der Waals surface area contributed by atoms with Gasteiger partial charge < -0.3 is 13.9 Å². The fourth-order valence-electron chi connectivity index (χ4n) is 3.05. The number of carbonyl (C=O) groups excluding carboxylic acids is 1. The number of esters is 1. The van der Waals surface area contributed by atoms with Crippen LogP contribution in [0.4, 0.5) is 0 Å². The van der Waals surface area contributed by atoms with E-state index in [2.05, 4.69) is 0 Å². The molecular weight excluding hydrogens is 404 g/mol. The molecule has 5 nitrogen and oxygen atoms in total. The molecule has 6 heteroatoms. The van der Waals surface area contributed by atoms with Gasteiger partial charge in [-0.25, -0.2) is 9.59 Å². The minimum absolute atomic E-state index is 0.157. The second-order valence-electron chi connectivity index (χ2n) is 6.56. The van der Waals surface area contributed by atoms with Crippen LogP contribution in [0.3, 0.4) is 0 Å². The first-order chi connectivity index (χ1) is 14.6. The maximum absolute atomic E-state index is 12.0. The van der Waals surface area contributed by atoms with Crippen molar-refractivity contribution in [3.63, 3.8) is 0 Å². The number of hydrogen-bond donors (Lipinski definition) is 0. The van der Waals surface area contributed by atoms with Crippen LogP contribution in [0.2, 0.25) is 5.02 Å². The maximum atomic E-state index is 12.0. The first-order valence-electron chi connectivity index (χ1n) is 9.25. The number of benzene rings is 3. The molecule has 0 saturated heterocycles. The Morgan fingerprint density at radius 3 is 2.37 bits per heavy atom. The van der Waals surface area contributed by atoms with E-state index in [4.69, 9.17) is 25.5 Å². The van der Waals surface area contributed by atoms with Crippen molar-refractivity contribution >= 4 is 28.5 Å². The fraction of sp³-hybridized carbons (Fsp3) is 0.0833. The molecule has 0 aliphatic rings. The highest BCUT2D eigenvalue weighted by Crippen LogP contribution is 2.34. The highest BCUT2D eigenvalue weighted by molar-refractivity contribution is 6.33. The normalized spacial score (nSPS) is 10.7. The molecule has 1 heterocycles. The zero-order valence-corrected chi connectivity index (χ0v) is 16.6. The Bertz CT molecular complexity index is 1230. The summed E-state index contributed by atoms with van der Waals surface area (Å²) in [5.74, 6) is -0.302. The molecule has 0 aliphatic heterocycles. The minimum atomic E-state index is -0.533. The minimum Gasteiger partial charge on any atom is -0.480 e. The Morgan fingerprint density at radius 2 is 1.63 bits per heavy atom. The van der Waals surface area contributed by atoms with Crippen molar-refractivity contribution in [2.24, 2.45) is 0 Å². The van der Waals surface area contributed by atoms with E-state index in [0.29, 0.717) is 21.6 Å². The van der Waals surface area contributed by atoms with Crippen molar-refractivity contribution in [3.8, 4) is 16.9 Å². The van der Waals surface area contributed by atoms with Crippen LogP contribution >= 0.6 is 11.6 Å². The lowest BCUT2D eigenvalue weighted by molar-refractivity contribution is -0.147. The predicted octanol–water partition coefficient (Wildman–Crippen LogP) is 5.24. The summed E-state index contributed by atoms with van der Waals surface area (Å²) < 4.78 is 16.0. The van der Waals surface area contributed by atoms with E-state index < -0.39 is 11.6 Å². The smallest absolute Gasteiger partial charge is 0.344 e. The summed E-state index contributed by atoms with van der Waals surface area (Å²) in [6.45, 7) is -0.162. The van der Waals surface area contributed by atoms with Gasteiger partial charge in [0.2, 0.25) is 0 Å². The molecule has 4 rings (SSSR count). The summed E-state index contributed by atoms with van der Waals surface area (Å²) in [6, 6.07) is 23.4. The largest absolute Gasteiger partial charge is 0.480 e. The molecule has 0 unspecified atom stereocenters. The molecule has 0 spiro atoms. The molecule has 0 N–H and O–H groups in total. The summed E-state index contributed by atoms with van der Waals surface area (Å²) in [7, 11) is 0. The molecule has 30 heavy (non-hydrogen) atoms. The van der Waals surface area contributed by atoms with Gasteiger partial charge in [-0.15, -0.1) is 0 Å². The van der Waals surface area contributed by atoms with Crippen LogP contribution < -0.4 is 10.4 Å². The van der Waals surface area contributed by atoms with E-state index in [-0.39, 0.29) is 19.0 Å². The molecular formula is C24H17ClO5. The molecule has 3 aromatic carbocycles. The van der Waals surface area contributed by atoms with Crippen LogP contribution in [0, 0.1) is 0 Å². The van der Waals surface area contributed by atoms with E-state index in [1.54, 1.807) is 6.07 Å². The molecule has 0 atom stereocenters. The topological polar surface area (TPSA) is 65.7 Å². The first-order valence-corrected chi connectivity index (χ1v) is 9.63. The van der Waals surface area contributed by atoms with Gasteiger partial charge in [0.25, 0.3) is 0 Å². The Labute approximate surface area is 177 Å². The molecule has 1 aromatic heterocycles. The van der Waals surface area contributed by atoms with Crippen LogP contribution in [0.5, 0.6) is 5.75 Å². The van der Waals surface area contributed by atoms with Gasteiger partial charge >= 0.3 is 11.6 Å². The summed E-state index contributed by atoms with van der Waals surface area (Å²) in [5.41, 5.74) is 2.28. The SMILES string of the molecule is O=C(COc1cc2oc(=O)cc(-c3ccccc3)c2cc1Cl)OCc1ccccc1. The van der Waals surface area contributed by atoms with Gasteiger partial charge in [-0.2, -0.15) is 0 Å². The lowest BCUT2D eigenvalue weighted by Gasteiger charge is -2.11. The van der Waals surface area contributed by atoms with E-state index in [1.165, 1.54) is 12.1 Å². The van der Waals surface area contributed by atoms with Crippen molar-refractivity contribution in [3.05, 3.63) is 99.9 Å². The zero-order valence-electron chi connectivity index (χ0n) is 15.8. The highest BCUT2D eigenvalue weighted by Gasteiger charge is 2.14. The van der Waals surface area contributed by atoms with Crippen LogP contribution in [-0.2, 0) is 16.1 Å². The molecule has 0 saturated carbocycles. The van der Waals surface area contributed by atoms with Crippen LogP contribution in [0.25, 0.3) is 22.1 Å². The van der Waals surface area contributed by atoms with Crippen molar-refractivity contribution in [1.82, 2.24) is 0 Å². The molecule has 0 aliphatic carbocycles. The van der Waals surface area contributed by atoms with Gasteiger partial charge in [-0.3, -0.25) is 0 Å². The third kappa shape index (κ3) is 4.53. The molecule has 4 aromatic rings. The highest BCUT2D eigenvalue weighted by atomic mass is 35.5. The average Bonchev–Trinajstić information content (AvgIpc) is 2.77. The molecule has 150 valence electrons. The van der Waals surface area contributed by atoms with E-state index in [9.17, 15) is 9.59 Å². The molecule has 0 fully saturated rings. The lowest BCUT2D eigenvalue weighted by Crippen LogP contribution is -2.15. The first kappa shape index (κ1) is 19.7. The van der Waals surface area contributed by atoms with Gasteiger partial charge in [0.05, 0.1) is 5.02 Å². The Hall–Kier alpha value is -3.57. The van der Waals surface area contributed by atoms with Crippen molar-refractivity contribution in [2.75, 3.05) is 6.61 Å². The average molecular weight is 421 g/mol. The van der Waals surface area contributed by atoms with Crippen molar-refractivity contribution in [1.29, 1.82) is 0 Å². The number of halogens is 1. The summed E-state index contributed by atoms with van der Waals surface area (Å²) >= 11 is 6.36. The van der Waals surface area contributed by atoms with Gasteiger partial charge in [0, 0.05) is 17.5 Å². The Balaban J connectivity index is 1.53. The predicted molar refractivity (Wildman–Crippen MR) is 115 cm³/mol. The Kier molecular flexibility index (Phi) is 5.82. The summed E-state index contributed by atoms with van der Waals surface area (Å²) in [5, 5.41) is 0.967. The number of rotatable bonds is 6. The summed E-state index contributed by atoms with van der Waals surface area (Å²) in [6.07, 6.45) is 0. The second-order valence-corrected chi connectivity index (χ2v) is 6.97. The maximum Gasteiger partial charge on any atom is 0.344 e. The number of fused-ring (bicyclic) bond motifs is 1. The summed E-state index contributed by atoms with van der Waals surface area (Å²) in [4.78, 5) is 24.0. The van der Waals surface area contributed by atoms with Gasteiger partial charge in [-0.1, -0.05) is 72.3 Å². The van der Waals surface area contributed by atoms with E-state index >= 15 is 0 Å². The van der Waals surface area contributed by atoms with Crippen molar-refractivity contribution in [2.45, 2.75) is 6.61 Å². The standard InChI is InChI=1S/C24H17ClO5/c25-20-11-19-18(17-9-5-2-6-10-17)12-23(26)30-21(19)13-22(20)28-15-24(27)29-14-16-7-3-1-4-8-16/h1-13H,14-15H2. The Morgan fingerprint density at radius 1 is 0.933 bits per heavy atom. The lowest BCUT2D eigenvalue weighted by atomic mass is 10.0. The second kappa shape index (κ2) is 8.84. The van der Waals surface area contributed by atoms with Crippen LogP contribution in [0.1, 0.15) is 5.56 Å². The van der Waals surface area contributed by atoms with E-state index in [1.807, 2.05) is 60.7 Å². The molecule has 0 amide bonds. The third-order valence-electron chi connectivity index (χ3n) is 4.47.